The van der Waals surface area contributed by atoms with Crippen LogP contribution < -0.4 is 4.74 Å². The smallest absolute Gasteiger partial charge is 0.303 e. The molecule has 4 nitrogen and oxygen atoms in total. The number of aryl methyl sites for hydroxylation is 1. The van der Waals surface area contributed by atoms with Gasteiger partial charge in [0.15, 0.2) is 0 Å². The maximum Gasteiger partial charge on any atom is 0.303 e. The summed E-state index contributed by atoms with van der Waals surface area (Å²) >= 11 is 0. The summed E-state index contributed by atoms with van der Waals surface area (Å²) in [7, 11) is 0. The van der Waals surface area contributed by atoms with Crippen LogP contribution in [0.25, 0.3) is 0 Å². The predicted molar refractivity (Wildman–Crippen MR) is 75.6 cm³/mol. The van der Waals surface area contributed by atoms with E-state index in [4.69, 9.17) is 9.84 Å². The van der Waals surface area contributed by atoms with E-state index in [1.165, 1.54) is 0 Å². The van der Waals surface area contributed by atoms with Gasteiger partial charge in [-0.05, 0) is 48.2 Å². The molecule has 2 rings (SSSR count). The number of rotatable bonds is 7. The molecule has 0 aliphatic carbocycles. The molecular formula is C16H17NO3. The Hall–Kier alpha value is -2.36. The van der Waals surface area contributed by atoms with E-state index in [0.717, 1.165) is 23.3 Å². The molecule has 0 aliphatic heterocycles. The number of carbonyl (C=O) groups is 1. The van der Waals surface area contributed by atoms with Gasteiger partial charge in [-0.2, -0.15) is 0 Å². The molecule has 1 aromatic heterocycles. The molecule has 0 amide bonds. The van der Waals surface area contributed by atoms with Gasteiger partial charge >= 0.3 is 5.97 Å². The normalized spacial score (nSPS) is 10.2. The molecule has 20 heavy (non-hydrogen) atoms. The van der Waals surface area contributed by atoms with Crippen LogP contribution in [0.3, 0.4) is 0 Å². The van der Waals surface area contributed by atoms with E-state index >= 15 is 0 Å². The monoisotopic (exact) mass is 271 g/mol. The van der Waals surface area contributed by atoms with Gasteiger partial charge < -0.3 is 9.84 Å². The fourth-order valence-corrected chi connectivity index (χ4v) is 1.88. The number of aliphatic carboxylic acids is 1. The largest absolute Gasteiger partial charge is 0.489 e. The third kappa shape index (κ3) is 4.72. The summed E-state index contributed by atoms with van der Waals surface area (Å²) in [6.07, 6.45) is 5.06. The SMILES string of the molecule is O=C(O)CCCc1cccc(OCc2ccncc2)c1. The van der Waals surface area contributed by atoms with Gasteiger partial charge in [-0.3, -0.25) is 9.78 Å². The van der Waals surface area contributed by atoms with E-state index in [0.29, 0.717) is 13.0 Å². The molecule has 0 radical (unpaired) electrons. The summed E-state index contributed by atoms with van der Waals surface area (Å²) in [5.74, 6) is 0.0460. The predicted octanol–water partition coefficient (Wildman–Crippen LogP) is 3.07. The van der Waals surface area contributed by atoms with Crippen LogP contribution in [-0.2, 0) is 17.8 Å². The van der Waals surface area contributed by atoms with Crippen LogP contribution in [0.2, 0.25) is 0 Å². The van der Waals surface area contributed by atoms with Crippen LogP contribution in [0.4, 0.5) is 0 Å². The lowest BCUT2D eigenvalue weighted by atomic mass is 10.1. The van der Waals surface area contributed by atoms with Crippen LogP contribution >= 0.6 is 0 Å². The van der Waals surface area contributed by atoms with Crippen molar-refractivity contribution in [3.8, 4) is 5.75 Å². The van der Waals surface area contributed by atoms with Crippen molar-refractivity contribution in [2.45, 2.75) is 25.9 Å². The summed E-state index contributed by atoms with van der Waals surface area (Å²) in [5, 5.41) is 8.63. The molecule has 2 aromatic rings. The number of carboxylic acids is 1. The molecule has 4 heteroatoms. The van der Waals surface area contributed by atoms with Gasteiger partial charge in [0.2, 0.25) is 0 Å². The molecule has 1 heterocycles. The molecular weight excluding hydrogens is 254 g/mol. The molecule has 0 aliphatic rings. The van der Waals surface area contributed by atoms with E-state index < -0.39 is 5.97 Å². The van der Waals surface area contributed by atoms with Crippen molar-refractivity contribution in [3.63, 3.8) is 0 Å². The quantitative estimate of drug-likeness (QED) is 0.840. The van der Waals surface area contributed by atoms with Gasteiger partial charge in [-0.25, -0.2) is 0 Å². The molecule has 0 bridgehead atoms. The highest BCUT2D eigenvalue weighted by atomic mass is 16.5. The van der Waals surface area contributed by atoms with Gasteiger partial charge in [0, 0.05) is 18.8 Å². The number of hydrogen-bond acceptors (Lipinski definition) is 3. The molecule has 0 spiro atoms. The first kappa shape index (κ1) is 14.1. The first-order valence-electron chi connectivity index (χ1n) is 6.56. The Morgan fingerprint density at radius 1 is 1.15 bits per heavy atom. The van der Waals surface area contributed by atoms with Crippen molar-refractivity contribution in [1.82, 2.24) is 4.98 Å². The zero-order chi connectivity index (χ0) is 14.2. The fourth-order valence-electron chi connectivity index (χ4n) is 1.88. The minimum Gasteiger partial charge on any atom is -0.489 e. The van der Waals surface area contributed by atoms with Gasteiger partial charge in [0.25, 0.3) is 0 Å². The Labute approximate surface area is 118 Å². The lowest BCUT2D eigenvalue weighted by molar-refractivity contribution is -0.137. The first-order valence-corrected chi connectivity index (χ1v) is 6.56. The Morgan fingerprint density at radius 3 is 2.70 bits per heavy atom. The van der Waals surface area contributed by atoms with Crippen molar-refractivity contribution >= 4 is 5.97 Å². The molecule has 0 atom stereocenters. The number of carboxylic acid groups (broad SMARTS) is 1. The molecule has 1 aromatic carbocycles. The maximum absolute atomic E-state index is 10.5. The Balaban J connectivity index is 1.87. The number of hydrogen-bond donors (Lipinski definition) is 1. The molecule has 0 saturated carbocycles. The number of aromatic nitrogens is 1. The summed E-state index contributed by atoms with van der Waals surface area (Å²) in [6, 6.07) is 11.6. The van der Waals surface area contributed by atoms with Crippen molar-refractivity contribution in [1.29, 1.82) is 0 Å². The lowest BCUT2D eigenvalue weighted by Gasteiger charge is -2.08. The van der Waals surface area contributed by atoms with Gasteiger partial charge in [0.05, 0.1) is 0 Å². The Morgan fingerprint density at radius 2 is 1.95 bits per heavy atom. The summed E-state index contributed by atoms with van der Waals surface area (Å²) < 4.78 is 5.72. The second-order valence-electron chi connectivity index (χ2n) is 4.54. The average molecular weight is 271 g/mol. The number of benzene rings is 1. The van der Waals surface area contributed by atoms with Gasteiger partial charge in [0.1, 0.15) is 12.4 Å². The van der Waals surface area contributed by atoms with Gasteiger partial charge in [-0.1, -0.05) is 12.1 Å². The fraction of sp³-hybridized carbons (Fsp3) is 0.250. The highest BCUT2D eigenvalue weighted by molar-refractivity contribution is 5.66. The van der Waals surface area contributed by atoms with Crippen LogP contribution in [0.1, 0.15) is 24.0 Å². The zero-order valence-electron chi connectivity index (χ0n) is 11.2. The van der Waals surface area contributed by atoms with Crippen molar-refractivity contribution < 1.29 is 14.6 Å². The van der Waals surface area contributed by atoms with Crippen molar-refractivity contribution in [3.05, 3.63) is 59.9 Å². The van der Waals surface area contributed by atoms with Crippen LogP contribution in [0, 0.1) is 0 Å². The number of pyridine rings is 1. The second-order valence-corrected chi connectivity index (χ2v) is 4.54. The Kier molecular flexibility index (Phi) is 5.12. The molecule has 0 saturated heterocycles. The van der Waals surface area contributed by atoms with E-state index in [9.17, 15) is 4.79 Å². The highest BCUT2D eigenvalue weighted by Crippen LogP contribution is 2.16. The Bertz CT molecular complexity index is 555. The average Bonchev–Trinajstić information content (AvgIpc) is 2.46. The molecule has 104 valence electrons. The number of ether oxygens (including phenoxy) is 1. The zero-order valence-corrected chi connectivity index (χ0v) is 11.2. The van der Waals surface area contributed by atoms with Crippen LogP contribution in [0.5, 0.6) is 5.75 Å². The number of nitrogens with zero attached hydrogens (tertiary/aromatic N) is 1. The topological polar surface area (TPSA) is 59.4 Å². The van der Waals surface area contributed by atoms with E-state index in [-0.39, 0.29) is 6.42 Å². The standard InChI is InChI=1S/C16H17NO3/c18-16(19)6-2-4-13-3-1-5-15(11-13)20-12-14-7-9-17-10-8-14/h1,3,5,7-11H,2,4,6,12H2,(H,18,19). The summed E-state index contributed by atoms with van der Waals surface area (Å²) in [5.41, 5.74) is 2.16. The minimum atomic E-state index is -0.755. The molecule has 0 unspecified atom stereocenters. The van der Waals surface area contributed by atoms with Crippen LogP contribution in [0.15, 0.2) is 48.8 Å². The lowest BCUT2D eigenvalue weighted by Crippen LogP contribution is -1.98. The van der Waals surface area contributed by atoms with E-state index in [2.05, 4.69) is 4.98 Å². The molecule has 1 N–H and O–H groups in total. The third-order valence-electron chi connectivity index (χ3n) is 2.91. The van der Waals surface area contributed by atoms with E-state index in [1.54, 1.807) is 12.4 Å². The first-order chi connectivity index (χ1) is 9.74. The van der Waals surface area contributed by atoms with E-state index in [1.807, 2.05) is 36.4 Å². The summed E-state index contributed by atoms with van der Waals surface area (Å²) in [4.78, 5) is 14.4. The highest BCUT2D eigenvalue weighted by Gasteiger charge is 2.01. The second kappa shape index (κ2) is 7.28. The summed E-state index contributed by atoms with van der Waals surface area (Å²) in [6.45, 7) is 0.501. The maximum atomic E-state index is 10.5. The van der Waals surface area contributed by atoms with Crippen molar-refractivity contribution in [2.24, 2.45) is 0 Å². The van der Waals surface area contributed by atoms with Crippen molar-refractivity contribution in [2.75, 3.05) is 0 Å². The third-order valence-corrected chi connectivity index (χ3v) is 2.91. The van der Waals surface area contributed by atoms with Crippen LogP contribution in [-0.4, -0.2) is 16.1 Å². The van der Waals surface area contributed by atoms with Gasteiger partial charge in [-0.15, -0.1) is 0 Å². The minimum absolute atomic E-state index is 0.197. The molecule has 0 fully saturated rings.